The third-order valence-corrected chi connectivity index (χ3v) is 3.54. The Hall–Kier alpha value is -1.52. The molecule has 0 fully saturated rings. The average molecular weight is 314 g/mol. The maximum Gasteiger partial charge on any atom is 0.142 e. The van der Waals surface area contributed by atoms with E-state index in [0.29, 0.717) is 18.5 Å². The summed E-state index contributed by atoms with van der Waals surface area (Å²) in [5, 5.41) is 3.26. The van der Waals surface area contributed by atoms with E-state index in [2.05, 4.69) is 5.32 Å². The maximum atomic E-state index is 13.4. The molecule has 2 aromatic rings. The van der Waals surface area contributed by atoms with Crippen LogP contribution in [0.25, 0.3) is 0 Å². The fourth-order valence-corrected chi connectivity index (χ4v) is 2.21. The van der Waals surface area contributed by atoms with E-state index >= 15 is 0 Å². The lowest BCUT2D eigenvalue weighted by atomic mass is 10.1. The van der Waals surface area contributed by atoms with Gasteiger partial charge in [0.05, 0.1) is 5.02 Å². The topological polar surface area (TPSA) is 12.0 Å². The number of rotatable bonds is 5. The summed E-state index contributed by atoms with van der Waals surface area (Å²) in [6.07, 6.45) is 0.481. The second-order valence-electron chi connectivity index (χ2n) is 4.88. The molecule has 0 aliphatic heterocycles. The smallest absolute Gasteiger partial charge is 0.142 e. The van der Waals surface area contributed by atoms with Gasteiger partial charge in [-0.15, -0.1) is 0 Å². The van der Waals surface area contributed by atoms with Gasteiger partial charge in [-0.25, -0.2) is 13.2 Å². The number of hydrogen-bond donors (Lipinski definition) is 1. The van der Waals surface area contributed by atoms with E-state index in [-0.39, 0.29) is 11.1 Å². The van der Waals surface area contributed by atoms with Crippen molar-refractivity contribution in [2.45, 2.75) is 19.4 Å². The molecule has 0 aromatic heterocycles. The van der Waals surface area contributed by atoms with Crippen LogP contribution in [-0.2, 0) is 6.42 Å². The highest BCUT2D eigenvalue weighted by Crippen LogP contribution is 2.20. The van der Waals surface area contributed by atoms with Gasteiger partial charge in [-0.05, 0) is 55.3 Å². The van der Waals surface area contributed by atoms with Crippen LogP contribution >= 0.6 is 11.6 Å². The van der Waals surface area contributed by atoms with Crippen molar-refractivity contribution in [3.63, 3.8) is 0 Å². The molecule has 1 unspecified atom stereocenters. The highest BCUT2D eigenvalue weighted by atomic mass is 35.5. The fraction of sp³-hybridized carbons (Fsp3) is 0.250. The van der Waals surface area contributed by atoms with Crippen molar-refractivity contribution < 1.29 is 13.2 Å². The molecule has 2 aromatic carbocycles. The SMILES string of the molecule is CC(NCCc1cc(F)cc(F)c1)c1ccc(Cl)c(F)c1. The molecule has 21 heavy (non-hydrogen) atoms. The average Bonchev–Trinajstić information content (AvgIpc) is 2.40. The van der Waals surface area contributed by atoms with Gasteiger partial charge in [0.1, 0.15) is 17.5 Å². The maximum absolute atomic E-state index is 13.4. The van der Waals surface area contributed by atoms with E-state index in [1.807, 2.05) is 6.92 Å². The minimum Gasteiger partial charge on any atom is -0.310 e. The lowest BCUT2D eigenvalue weighted by molar-refractivity contribution is 0.558. The van der Waals surface area contributed by atoms with Gasteiger partial charge in [-0.3, -0.25) is 0 Å². The van der Waals surface area contributed by atoms with Gasteiger partial charge < -0.3 is 5.32 Å². The molecule has 0 aliphatic rings. The molecule has 0 aliphatic carbocycles. The number of halogens is 4. The van der Waals surface area contributed by atoms with Crippen LogP contribution in [0, 0.1) is 17.5 Å². The van der Waals surface area contributed by atoms with Gasteiger partial charge in [0, 0.05) is 12.1 Å². The molecule has 1 atom stereocenters. The molecule has 2 rings (SSSR count). The molecule has 0 bridgehead atoms. The molecule has 0 amide bonds. The summed E-state index contributed by atoms with van der Waals surface area (Å²) in [4.78, 5) is 0. The van der Waals surface area contributed by atoms with Crippen molar-refractivity contribution in [1.82, 2.24) is 5.32 Å². The predicted molar refractivity (Wildman–Crippen MR) is 77.9 cm³/mol. The van der Waals surface area contributed by atoms with Gasteiger partial charge in [0.2, 0.25) is 0 Å². The lowest BCUT2D eigenvalue weighted by Crippen LogP contribution is -2.21. The minimum absolute atomic E-state index is 0.0844. The summed E-state index contributed by atoms with van der Waals surface area (Å²) >= 11 is 5.63. The Morgan fingerprint density at radius 2 is 1.71 bits per heavy atom. The van der Waals surface area contributed by atoms with Crippen LogP contribution in [0.3, 0.4) is 0 Å². The van der Waals surface area contributed by atoms with Gasteiger partial charge in [0.25, 0.3) is 0 Å². The van der Waals surface area contributed by atoms with Crippen molar-refractivity contribution in [2.75, 3.05) is 6.54 Å². The van der Waals surface area contributed by atoms with Crippen molar-refractivity contribution in [3.05, 3.63) is 70.0 Å². The summed E-state index contributed by atoms with van der Waals surface area (Å²) in [6, 6.07) is 7.99. The van der Waals surface area contributed by atoms with Crippen LogP contribution in [0.2, 0.25) is 5.02 Å². The van der Waals surface area contributed by atoms with Gasteiger partial charge in [-0.2, -0.15) is 0 Å². The van der Waals surface area contributed by atoms with Crippen LogP contribution in [0.1, 0.15) is 24.1 Å². The molecule has 1 nitrogen and oxygen atoms in total. The minimum atomic E-state index is -0.585. The molecule has 0 spiro atoms. The molecular weight excluding hydrogens is 299 g/mol. The van der Waals surface area contributed by atoms with Crippen LogP contribution in [-0.4, -0.2) is 6.54 Å². The van der Waals surface area contributed by atoms with Gasteiger partial charge in [-0.1, -0.05) is 17.7 Å². The van der Waals surface area contributed by atoms with E-state index in [0.717, 1.165) is 11.6 Å². The van der Waals surface area contributed by atoms with Gasteiger partial charge in [0.15, 0.2) is 0 Å². The number of benzene rings is 2. The second-order valence-corrected chi connectivity index (χ2v) is 5.28. The summed E-state index contributed by atoms with van der Waals surface area (Å²) in [6.45, 7) is 2.41. The fourth-order valence-electron chi connectivity index (χ4n) is 2.09. The highest BCUT2D eigenvalue weighted by molar-refractivity contribution is 6.30. The normalized spacial score (nSPS) is 12.4. The third-order valence-electron chi connectivity index (χ3n) is 3.23. The molecule has 1 N–H and O–H groups in total. The molecule has 0 saturated heterocycles. The van der Waals surface area contributed by atoms with E-state index in [9.17, 15) is 13.2 Å². The largest absolute Gasteiger partial charge is 0.310 e. The zero-order chi connectivity index (χ0) is 15.4. The summed E-state index contributed by atoms with van der Waals surface area (Å²) < 4.78 is 39.5. The predicted octanol–water partition coefficient (Wildman–Crippen LogP) is 4.65. The molecule has 0 saturated carbocycles. The third kappa shape index (κ3) is 4.48. The van der Waals surface area contributed by atoms with Crippen LogP contribution in [0.4, 0.5) is 13.2 Å². The standard InChI is InChI=1S/C16H15ClF3N/c1-10(12-2-3-15(17)16(20)8-12)21-5-4-11-6-13(18)9-14(19)7-11/h2-3,6-10,21H,4-5H2,1H3. The Labute approximate surface area is 126 Å². The van der Waals surface area contributed by atoms with Gasteiger partial charge >= 0.3 is 0 Å². The molecule has 0 radical (unpaired) electrons. The first-order chi connectivity index (χ1) is 9.95. The summed E-state index contributed by atoms with van der Waals surface area (Å²) in [7, 11) is 0. The Morgan fingerprint density at radius 1 is 1.05 bits per heavy atom. The van der Waals surface area contributed by atoms with Crippen molar-refractivity contribution in [2.24, 2.45) is 0 Å². The van der Waals surface area contributed by atoms with E-state index < -0.39 is 17.5 Å². The van der Waals surface area contributed by atoms with Crippen LogP contribution < -0.4 is 5.32 Å². The molecule has 0 heterocycles. The Bertz CT molecular complexity index is 611. The van der Waals surface area contributed by atoms with Crippen LogP contribution in [0.5, 0.6) is 0 Å². The van der Waals surface area contributed by atoms with E-state index in [4.69, 9.17) is 11.6 Å². The summed E-state index contributed by atoms with van der Waals surface area (Å²) in [5.41, 5.74) is 1.34. The quantitative estimate of drug-likeness (QED) is 0.847. The molecule has 5 heteroatoms. The summed E-state index contributed by atoms with van der Waals surface area (Å²) in [5.74, 6) is -1.63. The zero-order valence-corrected chi connectivity index (χ0v) is 12.2. The second kappa shape index (κ2) is 6.96. The number of hydrogen-bond acceptors (Lipinski definition) is 1. The van der Waals surface area contributed by atoms with Crippen LogP contribution in [0.15, 0.2) is 36.4 Å². The van der Waals surface area contributed by atoms with E-state index in [1.165, 1.54) is 24.3 Å². The Morgan fingerprint density at radius 3 is 2.33 bits per heavy atom. The van der Waals surface area contributed by atoms with Crippen molar-refractivity contribution in [1.29, 1.82) is 0 Å². The number of nitrogens with one attached hydrogen (secondary N) is 1. The highest BCUT2D eigenvalue weighted by Gasteiger charge is 2.08. The first-order valence-corrected chi connectivity index (χ1v) is 6.97. The first kappa shape index (κ1) is 15.9. The van der Waals surface area contributed by atoms with E-state index in [1.54, 1.807) is 6.07 Å². The zero-order valence-electron chi connectivity index (χ0n) is 11.5. The Balaban J connectivity index is 1.91. The first-order valence-electron chi connectivity index (χ1n) is 6.59. The van der Waals surface area contributed by atoms with Crippen molar-refractivity contribution >= 4 is 11.6 Å². The Kier molecular flexibility index (Phi) is 5.26. The molecular formula is C16H15ClF3N. The lowest BCUT2D eigenvalue weighted by Gasteiger charge is -2.14. The monoisotopic (exact) mass is 313 g/mol. The van der Waals surface area contributed by atoms with Crippen molar-refractivity contribution in [3.8, 4) is 0 Å². The molecule has 112 valence electrons.